The number of carbonyl (C=O) groups is 2. The number of esters is 1. The number of hydrogen-bond donors (Lipinski definition) is 2. The van der Waals surface area contributed by atoms with Crippen molar-refractivity contribution in [1.82, 2.24) is 5.32 Å². The van der Waals surface area contributed by atoms with Crippen molar-refractivity contribution in [3.05, 3.63) is 35.6 Å². The first-order valence-electron chi connectivity index (χ1n) is 7.23. The summed E-state index contributed by atoms with van der Waals surface area (Å²) in [6, 6.07) is 3.93. The summed E-state index contributed by atoms with van der Waals surface area (Å²) in [5, 5.41) is 12.6. The van der Waals surface area contributed by atoms with Gasteiger partial charge in [0.05, 0.1) is 12.6 Å². The van der Waals surface area contributed by atoms with Crippen molar-refractivity contribution in [3.8, 4) is 0 Å². The zero-order chi connectivity index (χ0) is 17.6. The average Bonchev–Trinajstić information content (AvgIpc) is 2.43. The lowest BCUT2D eigenvalue weighted by Gasteiger charge is -2.26. The highest BCUT2D eigenvalue weighted by molar-refractivity contribution is 5.77. The van der Waals surface area contributed by atoms with Crippen molar-refractivity contribution in [3.63, 3.8) is 0 Å². The minimum absolute atomic E-state index is 0.0818. The molecule has 0 saturated carbocycles. The van der Waals surface area contributed by atoms with E-state index in [9.17, 15) is 19.1 Å². The maximum atomic E-state index is 13.0. The van der Waals surface area contributed by atoms with E-state index in [1.54, 1.807) is 27.7 Å². The minimum Gasteiger partial charge on any atom is -0.464 e. The highest BCUT2D eigenvalue weighted by atomic mass is 19.1. The second-order valence-corrected chi connectivity index (χ2v) is 5.87. The van der Waals surface area contributed by atoms with Gasteiger partial charge in [0.25, 0.3) is 0 Å². The molecule has 0 aliphatic carbocycles. The summed E-state index contributed by atoms with van der Waals surface area (Å²) in [7, 11) is 0. The van der Waals surface area contributed by atoms with Crippen LogP contribution in [0, 0.1) is 5.82 Å². The van der Waals surface area contributed by atoms with E-state index in [4.69, 9.17) is 9.47 Å². The van der Waals surface area contributed by atoms with Gasteiger partial charge in [-0.05, 0) is 45.4 Å². The summed E-state index contributed by atoms with van der Waals surface area (Å²) in [6.07, 6.45) is -2.46. The summed E-state index contributed by atoms with van der Waals surface area (Å²) in [5.74, 6) is -1.37. The number of halogens is 1. The number of benzene rings is 1. The van der Waals surface area contributed by atoms with Crippen molar-refractivity contribution in [2.24, 2.45) is 0 Å². The lowest BCUT2D eigenvalue weighted by Crippen LogP contribution is -2.43. The Morgan fingerprint density at radius 3 is 2.30 bits per heavy atom. The Morgan fingerprint density at radius 1 is 1.26 bits per heavy atom. The Morgan fingerprint density at radius 2 is 1.83 bits per heavy atom. The minimum atomic E-state index is -1.65. The molecule has 0 heterocycles. The van der Waals surface area contributed by atoms with E-state index in [-0.39, 0.29) is 6.61 Å². The van der Waals surface area contributed by atoms with Crippen molar-refractivity contribution in [1.29, 1.82) is 0 Å². The largest absolute Gasteiger partial charge is 0.464 e. The first-order chi connectivity index (χ1) is 10.6. The van der Waals surface area contributed by atoms with Gasteiger partial charge in [0.15, 0.2) is 6.10 Å². The van der Waals surface area contributed by atoms with Crippen molar-refractivity contribution in [2.75, 3.05) is 6.61 Å². The number of ether oxygens (including phenoxy) is 2. The first kappa shape index (κ1) is 18.9. The third kappa shape index (κ3) is 6.23. The lowest BCUT2D eigenvalue weighted by molar-refractivity contribution is -0.154. The van der Waals surface area contributed by atoms with E-state index < -0.39 is 35.6 Å². The summed E-state index contributed by atoms with van der Waals surface area (Å²) in [6.45, 7) is 6.72. The van der Waals surface area contributed by atoms with Crippen molar-refractivity contribution < 1.29 is 28.6 Å². The highest BCUT2D eigenvalue weighted by Gasteiger charge is 2.31. The number of alkyl carbamates (subject to hydrolysis) is 1. The molecule has 1 aromatic carbocycles. The highest BCUT2D eigenvalue weighted by Crippen LogP contribution is 2.20. The van der Waals surface area contributed by atoms with Gasteiger partial charge in [-0.1, -0.05) is 12.1 Å². The van der Waals surface area contributed by atoms with Crippen LogP contribution in [-0.4, -0.2) is 35.5 Å². The molecular formula is C16H22FNO5. The second kappa shape index (κ2) is 7.92. The van der Waals surface area contributed by atoms with Crippen LogP contribution in [0.25, 0.3) is 0 Å². The lowest BCUT2D eigenvalue weighted by atomic mass is 10.0. The predicted molar refractivity (Wildman–Crippen MR) is 81.2 cm³/mol. The van der Waals surface area contributed by atoms with E-state index in [1.807, 2.05) is 0 Å². The molecule has 1 rings (SSSR count). The van der Waals surface area contributed by atoms with E-state index in [0.717, 1.165) is 12.1 Å². The zero-order valence-electron chi connectivity index (χ0n) is 13.6. The predicted octanol–water partition coefficient (Wildman–Crippen LogP) is 2.32. The summed E-state index contributed by atoms with van der Waals surface area (Å²) >= 11 is 0. The van der Waals surface area contributed by atoms with Gasteiger partial charge in [-0.25, -0.2) is 14.0 Å². The van der Waals surface area contributed by atoms with Gasteiger partial charge in [-0.15, -0.1) is 0 Å². The van der Waals surface area contributed by atoms with Crippen molar-refractivity contribution >= 4 is 12.1 Å². The van der Waals surface area contributed by atoms with Crippen LogP contribution in [0.4, 0.5) is 9.18 Å². The molecule has 0 saturated heterocycles. The van der Waals surface area contributed by atoms with Gasteiger partial charge in [0.2, 0.25) is 0 Å². The van der Waals surface area contributed by atoms with Crippen LogP contribution >= 0.6 is 0 Å². The normalized spacial score (nSPS) is 13.8. The van der Waals surface area contributed by atoms with Crippen LogP contribution in [-0.2, 0) is 14.3 Å². The SMILES string of the molecule is CCOC(=O)[C@H](O)[C@H](NC(=O)OC(C)(C)C)c1ccc(F)cc1. The number of carbonyl (C=O) groups excluding carboxylic acids is 2. The van der Waals surface area contributed by atoms with E-state index in [2.05, 4.69) is 5.32 Å². The quantitative estimate of drug-likeness (QED) is 0.811. The third-order valence-corrected chi connectivity index (χ3v) is 2.75. The Hall–Kier alpha value is -2.15. The molecule has 2 N–H and O–H groups in total. The topological polar surface area (TPSA) is 84.9 Å². The molecule has 1 amide bonds. The van der Waals surface area contributed by atoms with Gasteiger partial charge in [0, 0.05) is 0 Å². The van der Waals surface area contributed by atoms with Crippen LogP contribution < -0.4 is 5.32 Å². The Bertz CT molecular complexity index is 538. The molecule has 0 spiro atoms. The van der Waals surface area contributed by atoms with Gasteiger partial charge < -0.3 is 19.9 Å². The molecule has 23 heavy (non-hydrogen) atoms. The number of aliphatic hydroxyl groups is 1. The van der Waals surface area contributed by atoms with Gasteiger partial charge in [0.1, 0.15) is 11.4 Å². The second-order valence-electron chi connectivity index (χ2n) is 5.87. The van der Waals surface area contributed by atoms with Crippen molar-refractivity contribution in [2.45, 2.75) is 45.4 Å². The molecular weight excluding hydrogens is 305 g/mol. The molecule has 128 valence electrons. The maximum absolute atomic E-state index is 13.0. The van der Waals surface area contributed by atoms with Gasteiger partial charge in [-0.2, -0.15) is 0 Å². The summed E-state index contributed by atoms with van der Waals surface area (Å²) in [4.78, 5) is 23.7. The third-order valence-electron chi connectivity index (χ3n) is 2.75. The van der Waals surface area contributed by atoms with E-state index >= 15 is 0 Å². The number of aliphatic hydroxyl groups excluding tert-OH is 1. The molecule has 2 atom stereocenters. The van der Waals surface area contributed by atoms with Crippen LogP contribution in [0.2, 0.25) is 0 Å². The van der Waals surface area contributed by atoms with E-state index in [1.165, 1.54) is 12.1 Å². The molecule has 0 aliphatic rings. The fourth-order valence-corrected chi connectivity index (χ4v) is 1.81. The fourth-order valence-electron chi connectivity index (χ4n) is 1.81. The van der Waals surface area contributed by atoms with Crippen LogP contribution in [0.1, 0.15) is 39.3 Å². The van der Waals surface area contributed by atoms with Crippen LogP contribution in [0.3, 0.4) is 0 Å². The van der Waals surface area contributed by atoms with Crippen LogP contribution in [0.5, 0.6) is 0 Å². The molecule has 0 aliphatic heterocycles. The van der Waals surface area contributed by atoms with E-state index in [0.29, 0.717) is 5.56 Å². The molecule has 0 fully saturated rings. The van der Waals surface area contributed by atoms with Crippen LogP contribution in [0.15, 0.2) is 24.3 Å². The van der Waals surface area contributed by atoms with Gasteiger partial charge >= 0.3 is 12.1 Å². The number of amides is 1. The number of hydrogen-bond acceptors (Lipinski definition) is 5. The maximum Gasteiger partial charge on any atom is 0.408 e. The average molecular weight is 327 g/mol. The summed E-state index contributed by atoms with van der Waals surface area (Å²) < 4.78 is 22.9. The Kier molecular flexibility index (Phi) is 6.50. The molecule has 0 unspecified atom stereocenters. The smallest absolute Gasteiger partial charge is 0.408 e. The molecule has 0 radical (unpaired) electrons. The Balaban J connectivity index is 2.99. The molecule has 6 nitrogen and oxygen atoms in total. The monoisotopic (exact) mass is 327 g/mol. The standard InChI is InChI=1S/C16H22FNO5/c1-5-22-14(20)13(19)12(10-6-8-11(17)9-7-10)18-15(21)23-16(2,3)4/h6-9,12-13,19H,5H2,1-4H3,(H,18,21)/t12-,13-/m1/s1. The fraction of sp³-hybridized carbons (Fsp3) is 0.500. The molecule has 0 bridgehead atoms. The number of rotatable bonds is 5. The summed E-state index contributed by atoms with van der Waals surface area (Å²) in [5.41, 5.74) is -0.399. The van der Waals surface area contributed by atoms with Gasteiger partial charge in [-0.3, -0.25) is 0 Å². The molecule has 7 heteroatoms. The molecule has 1 aromatic rings. The first-order valence-corrected chi connectivity index (χ1v) is 7.23. The Labute approximate surface area is 134 Å². The zero-order valence-corrected chi connectivity index (χ0v) is 13.6. The number of nitrogens with one attached hydrogen (secondary N) is 1. The molecule has 0 aromatic heterocycles.